The van der Waals surface area contributed by atoms with E-state index in [2.05, 4.69) is 0 Å². The zero-order chi connectivity index (χ0) is 17.8. The number of amides is 1. The van der Waals surface area contributed by atoms with E-state index in [0.717, 1.165) is 12.8 Å². The number of halogens is 1. The highest BCUT2D eigenvalue weighted by atomic mass is 19.1. The van der Waals surface area contributed by atoms with Gasteiger partial charge < -0.3 is 14.7 Å². The summed E-state index contributed by atoms with van der Waals surface area (Å²) in [7, 11) is 1.42. The topological polar surface area (TPSA) is 49.8 Å². The molecule has 3 rings (SSSR count). The highest BCUT2D eigenvalue weighted by Crippen LogP contribution is 2.29. The molecule has 1 aliphatic heterocycles. The van der Waals surface area contributed by atoms with Crippen LogP contribution in [0.5, 0.6) is 11.5 Å². The first kappa shape index (κ1) is 17.3. The number of piperidine rings is 1. The number of benzene rings is 2. The number of aromatic hydroxyl groups is 1. The van der Waals surface area contributed by atoms with Crippen molar-refractivity contribution in [3.05, 3.63) is 59.4 Å². The molecule has 0 unspecified atom stereocenters. The maximum absolute atomic E-state index is 13.7. The normalized spacial score (nSPS) is 15.2. The number of hydrogen-bond donors (Lipinski definition) is 1. The van der Waals surface area contributed by atoms with Gasteiger partial charge in [0.25, 0.3) is 0 Å². The fraction of sp³-hybridized carbons (Fsp3) is 0.350. The van der Waals surface area contributed by atoms with E-state index in [1.54, 1.807) is 24.3 Å². The molecule has 1 fully saturated rings. The highest BCUT2D eigenvalue weighted by Gasteiger charge is 2.24. The third-order valence-corrected chi connectivity index (χ3v) is 4.78. The smallest absolute Gasteiger partial charge is 0.226 e. The average molecular weight is 343 g/mol. The van der Waals surface area contributed by atoms with Crippen LogP contribution in [0.15, 0.2) is 42.5 Å². The number of ether oxygens (including phenoxy) is 1. The Hall–Kier alpha value is -2.56. The quantitative estimate of drug-likeness (QED) is 0.924. The Bertz CT molecular complexity index is 737. The lowest BCUT2D eigenvalue weighted by Crippen LogP contribution is -2.38. The number of phenolic OH excluding ortho intramolecular Hbond substituents is 1. The van der Waals surface area contributed by atoms with Gasteiger partial charge in [0.1, 0.15) is 5.75 Å². The zero-order valence-corrected chi connectivity index (χ0v) is 14.2. The van der Waals surface area contributed by atoms with Crippen LogP contribution in [0.25, 0.3) is 0 Å². The zero-order valence-electron chi connectivity index (χ0n) is 14.2. The van der Waals surface area contributed by atoms with E-state index < -0.39 is 5.82 Å². The van der Waals surface area contributed by atoms with E-state index in [9.17, 15) is 14.3 Å². The Balaban J connectivity index is 1.56. The van der Waals surface area contributed by atoms with Crippen molar-refractivity contribution in [2.45, 2.75) is 25.2 Å². The van der Waals surface area contributed by atoms with Crippen molar-refractivity contribution in [2.24, 2.45) is 0 Å². The minimum Gasteiger partial charge on any atom is -0.508 e. The van der Waals surface area contributed by atoms with E-state index in [4.69, 9.17) is 4.74 Å². The second-order valence-electron chi connectivity index (χ2n) is 6.39. The largest absolute Gasteiger partial charge is 0.508 e. The van der Waals surface area contributed by atoms with E-state index >= 15 is 0 Å². The van der Waals surface area contributed by atoms with Crippen LogP contribution in [0.4, 0.5) is 4.39 Å². The molecule has 2 aromatic rings. The third-order valence-electron chi connectivity index (χ3n) is 4.78. The lowest BCUT2D eigenvalue weighted by Gasteiger charge is -2.32. The van der Waals surface area contributed by atoms with Crippen LogP contribution >= 0.6 is 0 Å². The summed E-state index contributed by atoms with van der Waals surface area (Å²) in [5.74, 6) is 0.435. The van der Waals surface area contributed by atoms with Gasteiger partial charge in [0.15, 0.2) is 11.6 Å². The van der Waals surface area contributed by atoms with E-state index in [1.165, 1.54) is 18.7 Å². The van der Waals surface area contributed by atoms with E-state index in [-0.39, 0.29) is 23.8 Å². The van der Waals surface area contributed by atoms with Gasteiger partial charge in [-0.05, 0) is 54.2 Å². The molecule has 1 aliphatic rings. The van der Waals surface area contributed by atoms with Gasteiger partial charge in [-0.2, -0.15) is 0 Å². The Morgan fingerprint density at radius 3 is 2.48 bits per heavy atom. The van der Waals surface area contributed by atoms with Gasteiger partial charge in [-0.3, -0.25) is 4.79 Å². The highest BCUT2D eigenvalue weighted by molar-refractivity contribution is 5.79. The van der Waals surface area contributed by atoms with Crippen molar-refractivity contribution in [2.75, 3.05) is 20.2 Å². The molecular formula is C20H22FNO3. The molecule has 2 aromatic carbocycles. The molecule has 132 valence electrons. The minimum atomic E-state index is -0.446. The molecule has 1 N–H and O–H groups in total. The molecule has 0 radical (unpaired) electrons. The van der Waals surface area contributed by atoms with Crippen LogP contribution in [0.3, 0.4) is 0 Å². The second-order valence-corrected chi connectivity index (χ2v) is 6.39. The number of likely N-dealkylation sites (tertiary alicyclic amines) is 1. The summed E-state index contributed by atoms with van der Waals surface area (Å²) in [5, 5.41) is 9.38. The van der Waals surface area contributed by atoms with Crippen molar-refractivity contribution >= 4 is 5.91 Å². The summed E-state index contributed by atoms with van der Waals surface area (Å²) in [6.07, 6.45) is 1.99. The number of methoxy groups -OCH3 is 1. The Morgan fingerprint density at radius 2 is 1.88 bits per heavy atom. The summed E-state index contributed by atoms with van der Waals surface area (Å²) >= 11 is 0. The predicted octanol–water partition coefficient (Wildman–Crippen LogP) is 3.49. The van der Waals surface area contributed by atoms with Crippen LogP contribution in [-0.4, -0.2) is 36.1 Å². The molecule has 0 atom stereocenters. The Kier molecular flexibility index (Phi) is 5.22. The number of carbonyl (C=O) groups excluding carboxylic acids is 1. The Morgan fingerprint density at radius 1 is 1.20 bits per heavy atom. The summed E-state index contributed by atoms with van der Waals surface area (Å²) in [4.78, 5) is 14.3. The molecule has 0 spiro atoms. The summed E-state index contributed by atoms with van der Waals surface area (Å²) in [6.45, 7) is 1.39. The second kappa shape index (κ2) is 7.55. The van der Waals surface area contributed by atoms with Gasteiger partial charge in [0.05, 0.1) is 13.5 Å². The first-order chi connectivity index (χ1) is 12.1. The van der Waals surface area contributed by atoms with Crippen molar-refractivity contribution in [3.8, 4) is 11.5 Å². The number of rotatable bonds is 4. The van der Waals surface area contributed by atoms with Crippen molar-refractivity contribution in [1.29, 1.82) is 0 Å². The number of carbonyl (C=O) groups is 1. The summed E-state index contributed by atoms with van der Waals surface area (Å²) in [6, 6.07) is 11.9. The summed E-state index contributed by atoms with van der Waals surface area (Å²) in [5.41, 5.74) is 1.85. The van der Waals surface area contributed by atoms with Gasteiger partial charge in [-0.15, -0.1) is 0 Å². The maximum Gasteiger partial charge on any atom is 0.226 e. The lowest BCUT2D eigenvalue weighted by atomic mass is 9.89. The average Bonchev–Trinajstić information content (AvgIpc) is 2.63. The van der Waals surface area contributed by atoms with Gasteiger partial charge in [0.2, 0.25) is 5.91 Å². The number of hydrogen-bond acceptors (Lipinski definition) is 3. The molecule has 0 bridgehead atoms. The van der Waals surface area contributed by atoms with Gasteiger partial charge in [0, 0.05) is 13.1 Å². The molecule has 4 nitrogen and oxygen atoms in total. The van der Waals surface area contributed by atoms with Crippen LogP contribution < -0.4 is 4.74 Å². The van der Waals surface area contributed by atoms with Gasteiger partial charge in [-0.1, -0.05) is 18.2 Å². The number of nitrogens with zero attached hydrogens (tertiary/aromatic N) is 1. The van der Waals surface area contributed by atoms with E-state index in [0.29, 0.717) is 24.6 Å². The van der Waals surface area contributed by atoms with Crippen molar-refractivity contribution in [3.63, 3.8) is 0 Å². The molecule has 1 heterocycles. The Labute approximate surface area is 146 Å². The van der Waals surface area contributed by atoms with Crippen LogP contribution in [-0.2, 0) is 11.2 Å². The lowest BCUT2D eigenvalue weighted by molar-refractivity contribution is -0.131. The van der Waals surface area contributed by atoms with Crippen LogP contribution in [0.1, 0.15) is 29.9 Å². The number of phenols is 1. The molecule has 25 heavy (non-hydrogen) atoms. The fourth-order valence-electron chi connectivity index (χ4n) is 3.31. The first-order valence-corrected chi connectivity index (χ1v) is 8.46. The predicted molar refractivity (Wildman–Crippen MR) is 93.3 cm³/mol. The van der Waals surface area contributed by atoms with Crippen molar-refractivity contribution in [1.82, 2.24) is 4.90 Å². The third kappa shape index (κ3) is 4.10. The van der Waals surface area contributed by atoms with Crippen molar-refractivity contribution < 1.29 is 19.0 Å². The monoisotopic (exact) mass is 343 g/mol. The molecule has 0 aliphatic carbocycles. The molecular weight excluding hydrogens is 321 g/mol. The SMILES string of the molecule is COc1ccc(CC(=O)N2CCC(c3ccc(O)cc3)CC2)cc1F. The first-order valence-electron chi connectivity index (χ1n) is 8.46. The van der Waals surface area contributed by atoms with Gasteiger partial charge in [-0.25, -0.2) is 4.39 Å². The standard InChI is InChI=1S/C20H22FNO3/c1-25-19-7-2-14(12-18(19)21)13-20(24)22-10-8-16(9-11-22)15-3-5-17(23)6-4-15/h2-7,12,16,23H,8-11,13H2,1H3. The van der Waals surface area contributed by atoms with E-state index in [1.807, 2.05) is 17.0 Å². The molecule has 5 heteroatoms. The van der Waals surface area contributed by atoms with Crippen LogP contribution in [0.2, 0.25) is 0 Å². The molecule has 1 amide bonds. The minimum absolute atomic E-state index is 0.0220. The molecule has 1 saturated heterocycles. The summed E-state index contributed by atoms with van der Waals surface area (Å²) < 4.78 is 18.6. The molecule has 0 saturated carbocycles. The maximum atomic E-state index is 13.7. The molecule has 0 aromatic heterocycles. The van der Waals surface area contributed by atoms with Gasteiger partial charge >= 0.3 is 0 Å². The fourth-order valence-corrected chi connectivity index (χ4v) is 3.31. The van der Waals surface area contributed by atoms with Crippen LogP contribution in [0, 0.1) is 5.82 Å².